The van der Waals surface area contributed by atoms with Gasteiger partial charge in [0, 0.05) is 6.04 Å². The van der Waals surface area contributed by atoms with Gasteiger partial charge in [0.05, 0.1) is 6.33 Å². The van der Waals surface area contributed by atoms with E-state index < -0.39 is 0 Å². The van der Waals surface area contributed by atoms with Crippen LogP contribution in [0.4, 0.5) is 0 Å². The van der Waals surface area contributed by atoms with E-state index in [1.165, 1.54) is 12.7 Å². The molecule has 3 rings (SSSR count). The highest BCUT2D eigenvalue weighted by atomic mass is 16.5. The number of nitrogens with zero attached hydrogens (tertiary/aromatic N) is 3. The number of rotatable bonds is 2. The molecule has 2 atom stereocenters. The van der Waals surface area contributed by atoms with Crippen molar-refractivity contribution < 1.29 is 4.74 Å². The van der Waals surface area contributed by atoms with Gasteiger partial charge >= 0.3 is 0 Å². The first-order chi connectivity index (χ1) is 8.34. The molecular formula is C11H15N5O. The van der Waals surface area contributed by atoms with Gasteiger partial charge in [-0.3, -0.25) is 0 Å². The summed E-state index contributed by atoms with van der Waals surface area (Å²) in [7, 11) is 0. The Morgan fingerprint density at radius 1 is 1.24 bits per heavy atom. The van der Waals surface area contributed by atoms with Crippen LogP contribution >= 0.6 is 0 Å². The number of aromatic amines is 1. The Morgan fingerprint density at radius 2 is 2.12 bits per heavy atom. The van der Waals surface area contributed by atoms with Gasteiger partial charge in [-0.05, 0) is 19.3 Å². The summed E-state index contributed by atoms with van der Waals surface area (Å²) >= 11 is 0. The van der Waals surface area contributed by atoms with E-state index in [1.54, 1.807) is 6.33 Å². The van der Waals surface area contributed by atoms with Gasteiger partial charge < -0.3 is 15.5 Å². The topological polar surface area (TPSA) is 89.7 Å². The molecule has 0 spiro atoms. The van der Waals surface area contributed by atoms with Crippen LogP contribution in [0.3, 0.4) is 0 Å². The maximum atomic E-state index is 6.05. The number of fused-ring (bicyclic) bond motifs is 1. The maximum Gasteiger partial charge on any atom is 0.243 e. The summed E-state index contributed by atoms with van der Waals surface area (Å²) in [6.45, 7) is 0. The standard InChI is InChI=1S/C11H15N5O/c12-7-3-1-2-4-8(7)17-11-9-10(14-5-13-9)15-6-16-11/h5-8H,1-4,12H2,(H,13,14,15,16). The number of nitrogens with two attached hydrogens (primary N) is 1. The molecule has 1 fully saturated rings. The van der Waals surface area contributed by atoms with Gasteiger partial charge in [0.2, 0.25) is 5.88 Å². The molecule has 6 heteroatoms. The highest BCUT2D eigenvalue weighted by Gasteiger charge is 2.24. The van der Waals surface area contributed by atoms with E-state index >= 15 is 0 Å². The Morgan fingerprint density at radius 3 is 3.00 bits per heavy atom. The summed E-state index contributed by atoms with van der Waals surface area (Å²) in [5.41, 5.74) is 7.42. The number of aromatic nitrogens is 4. The highest BCUT2D eigenvalue weighted by Crippen LogP contribution is 2.24. The average Bonchev–Trinajstić information content (AvgIpc) is 2.81. The first kappa shape index (κ1) is 10.5. The zero-order valence-electron chi connectivity index (χ0n) is 9.47. The summed E-state index contributed by atoms with van der Waals surface area (Å²) in [6.07, 6.45) is 7.45. The number of nitrogens with one attached hydrogen (secondary N) is 1. The van der Waals surface area contributed by atoms with Crippen molar-refractivity contribution in [1.29, 1.82) is 0 Å². The fourth-order valence-corrected chi connectivity index (χ4v) is 2.25. The first-order valence-electron chi connectivity index (χ1n) is 5.91. The third-order valence-electron chi connectivity index (χ3n) is 3.20. The lowest BCUT2D eigenvalue weighted by Crippen LogP contribution is -2.41. The van der Waals surface area contributed by atoms with Crippen molar-refractivity contribution in [3.8, 4) is 5.88 Å². The summed E-state index contributed by atoms with van der Waals surface area (Å²) in [5.74, 6) is 0.551. The van der Waals surface area contributed by atoms with Gasteiger partial charge in [-0.15, -0.1) is 0 Å². The van der Waals surface area contributed by atoms with Gasteiger partial charge in [-0.2, -0.15) is 4.98 Å². The molecule has 0 aliphatic heterocycles. The average molecular weight is 233 g/mol. The van der Waals surface area contributed by atoms with Crippen LogP contribution in [0.15, 0.2) is 12.7 Å². The van der Waals surface area contributed by atoms with Crippen molar-refractivity contribution >= 4 is 11.2 Å². The second-order valence-electron chi connectivity index (χ2n) is 4.38. The van der Waals surface area contributed by atoms with Crippen molar-refractivity contribution in [2.45, 2.75) is 37.8 Å². The fourth-order valence-electron chi connectivity index (χ4n) is 2.25. The lowest BCUT2D eigenvalue weighted by molar-refractivity contribution is 0.128. The fraction of sp³-hybridized carbons (Fsp3) is 0.545. The number of ether oxygens (including phenoxy) is 1. The van der Waals surface area contributed by atoms with E-state index in [9.17, 15) is 0 Å². The highest BCUT2D eigenvalue weighted by molar-refractivity contribution is 5.74. The van der Waals surface area contributed by atoms with E-state index in [1.807, 2.05) is 0 Å². The monoisotopic (exact) mass is 233 g/mol. The molecular weight excluding hydrogens is 218 g/mol. The predicted molar refractivity (Wildman–Crippen MR) is 62.5 cm³/mol. The molecule has 0 bridgehead atoms. The van der Waals surface area contributed by atoms with Gasteiger partial charge in [-0.25, -0.2) is 9.97 Å². The second-order valence-corrected chi connectivity index (χ2v) is 4.38. The van der Waals surface area contributed by atoms with Crippen LogP contribution in [0.25, 0.3) is 11.2 Å². The molecule has 0 amide bonds. The van der Waals surface area contributed by atoms with Crippen LogP contribution in [-0.2, 0) is 0 Å². The van der Waals surface area contributed by atoms with Crippen molar-refractivity contribution in [3.63, 3.8) is 0 Å². The summed E-state index contributed by atoms with van der Waals surface area (Å²) in [6, 6.07) is 0.0942. The third kappa shape index (κ3) is 1.95. The molecule has 3 N–H and O–H groups in total. The zero-order chi connectivity index (χ0) is 11.7. The SMILES string of the molecule is NC1CCCCC1Oc1ncnc2nc[nH]c12. The van der Waals surface area contributed by atoms with Crippen LogP contribution in [0.5, 0.6) is 5.88 Å². The lowest BCUT2D eigenvalue weighted by atomic mass is 9.93. The molecule has 6 nitrogen and oxygen atoms in total. The van der Waals surface area contributed by atoms with Crippen molar-refractivity contribution in [2.75, 3.05) is 0 Å². The Kier molecular flexibility index (Phi) is 2.64. The lowest BCUT2D eigenvalue weighted by Gasteiger charge is -2.28. The summed E-state index contributed by atoms with van der Waals surface area (Å²) in [5, 5.41) is 0. The molecule has 1 saturated carbocycles. The summed E-state index contributed by atoms with van der Waals surface area (Å²) in [4.78, 5) is 15.3. The molecule has 0 radical (unpaired) electrons. The van der Waals surface area contributed by atoms with Crippen LogP contribution in [0.2, 0.25) is 0 Å². The first-order valence-corrected chi connectivity index (χ1v) is 5.91. The van der Waals surface area contributed by atoms with E-state index in [2.05, 4.69) is 19.9 Å². The number of imidazole rings is 1. The minimum Gasteiger partial charge on any atom is -0.471 e. The second kappa shape index (κ2) is 4.29. The third-order valence-corrected chi connectivity index (χ3v) is 3.20. The largest absolute Gasteiger partial charge is 0.471 e. The Balaban J connectivity index is 1.86. The summed E-state index contributed by atoms with van der Waals surface area (Å²) < 4.78 is 5.89. The minimum atomic E-state index is 0.0464. The molecule has 1 aliphatic carbocycles. The normalized spacial score (nSPS) is 25.0. The molecule has 2 heterocycles. The number of hydrogen-bond acceptors (Lipinski definition) is 5. The Hall–Kier alpha value is -1.69. The van der Waals surface area contributed by atoms with Crippen molar-refractivity contribution in [3.05, 3.63) is 12.7 Å². The van der Waals surface area contributed by atoms with Crippen LogP contribution < -0.4 is 10.5 Å². The molecule has 0 saturated heterocycles. The van der Waals surface area contributed by atoms with E-state index in [-0.39, 0.29) is 12.1 Å². The molecule has 2 aromatic rings. The number of hydrogen-bond donors (Lipinski definition) is 2. The van der Waals surface area contributed by atoms with Crippen molar-refractivity contribution in [2.24, 2.45) is 5.73 Å². The quantitative estimate of drug-likeness (QED) is 0.807. The van der Waals surface area contributed by atoms with Gasteiger partial charge in [-0.1, -0.05) is 6.42 Å². The van der Waals surface area contributed by atoms with Gasteiger partial charge in [0.25, 0.3) is 0 Å². The van der Waals surface area contributed by atoms with Crippen molar-refractivity contribution in [1.82, 2.24) is 19.9 Å². The van der Waals surface area contributed by atoms with Gasteiger partial charge in [0.1, 0.15) is 17.9 Å². The number of H-pyrrole nitrogens is 1. The predicted octanol–water partition coefficient (Wildman–Crippen LogP) is 1.00. The molecule has 0 aromatic carbocycles. The molecule has 2 unspecified atom stereocenters. The molecule has 17 heavy (non-hydrogen) atoms. The zero-order valence-corrected chi connectivity index (χ0v) is 9.47. The Labute approximate surface area is 98.6 Å². The van der Waals surface area contributed by atoms with E-state index in [0.717, 1.165) is 24.8 Å². The van der Waals surface area contributed by atoms with E-state index in [0.29, 0.717) is 11.5 Å². The molecule has 1 aliphatic rings. The smallest absolute Gasteiger partial charge is 0.243 e. The van der Waals surface area contributed by atoms with Crippen LogP contribution in [0, 0.1) is 0 Å². The Bertz CT molecular complexity index is 511. The van der Waals surface area contributed by atoms with Gasteiger partial charge in [0.15, 0.2) is 5.65 Å². The van der Waals surface area contributed by atoms with Crippen LogP contribution in [-0.4, -0.2) is 32.1 Å². The maximum absolute atomic E-state index is 6.05. The molecule has 90 valence electrons. The minimum absolute atomic E-state index is 0.0464. The molecule has 2 aromatic heterocycles. The van der Waals surface area contributed by atoms with E-state index in [4.69, 9.17) is 10.5 Å². The van der Waals surface area contributed by atoms with Crippen LogP contribution in [0.1, 0.15) is 25.7 Å².